The maximum Gasteiger partial charge on any atom is 0.277 e. The number of piperidine rings is 1. The Morgan fingerprint density at radius 1 is 1.26 bits per heavy atom. The van der Waals surface area contributed by atoms with Crippen molar-refractivity contribution in [3.63, 3.8) is 0 Å². The summed E-state index contributed by atoms with van der Waals surface area (Å²) in [6, 6.07) is 6.50. The first-order valence-corrected chi connectivity index (χ1v) is 8.24. The van der Waals surface area contributed by atoms with Gasteiger partial charge in [0.15, 0.2) is 6.61 Å². The molecule has 1 heterocycles. The first-order valence-electron chi connectivity index (χ1n) is 8.24. The first kappa shape index (κ1) is 17.5. The molecule has 0 spiro atoms. The van der Waals surface area contributed by atoms with E-state index in [1.54, 1.807) is 0 Å². The molecule has 0 unspecified atom stereocenters. The Kier molecular flexibility index (Phi) is 6.16. The SMILES string of the molecule is Cc1cccc(C)c1OCC(=O)NN=C1CCN(C(C)C)CC1. The predicted molar refractivity (Wildman–Crippen MR) is 92.9 cm³/mol. The van der Waals surface area contributed by atoms with Gasteiger partial charge < -0.3 is 9.64 Å². The Balaban J connectivity index is 1.79. The van der Waals surface area contributed by atoms with Crippen LogP contribution in [0.2, 0.25) is 0 Å². The molecule has 126 valence electrons. The molecule has 1 amide bonds. The Labute approximate surface area is 138 Å². The number of nitrogens with one attached hydrogen (secondary N) is 1. The molecule has 1 N–H and O–H groups in total. The van der Waals surface area contributed by atoms with Crippen LogP contribution in [0.4, 0.5) is 0 Å². The second kappa shape index (κ2) is 8.11. The molecule has 0 aromatic heterocycles. The number of hydrogen-bond donors (Lipinski definition) is 1. The number of ether oxygens (including phenoxy) is 1. The lowest BCUT2D eigenvalue weighted by Gasteiger charge is -2.30. The fraction of sp³-hybridized carbons (Fsp3) is 0.556. The van der Waals surface area contributed by atoms with Crippen molar-refractivity contribution >= 4 is 11.6 Å². The lowest BCUT2D eigenvalue weighted by molar-refractivity contribution is -0.123. The molecule has 0 saturated carbocycles. The summed E-state index contributed by atoms with van der Waals surface area (Å²) >= 11 is 0. The summed E-state index contributed by atoms with van der Waals surface area (Å²) in [6.07, 6.45) is 1.83. The maximum absolute atomic E-state index is 11.9. The average molecular weight is 317 g/mol. The van der Waals surface area contributed by atoms with E-state index in [9.17, 15) is 4.79 Å². The monoisotopic (exact) mass is 317 g/mol. The summed E-state index contributed by atoms with van der Waals surface area (Å²) in [5.74, 6) is 0.562. The highest BCUT2D eigenvalue weighted by Crippen LogP contribution is 2.22. The van der Waals surface area contributed by atoms with Gasteiger partial charge in [0.1, 0.15) is 5.75 Å². The van der Waals surface area contributed by atoms with Gasteiger partial charge >= 0.3 is 0 Å². The molecule has 1 aliphatic heterocycles. The van der Waals surface area contributed by atoms with E-state index in [1.807, 2.05) is 32.0 Å². The Morgan fingerprint density at radius 3 is 2.43 bits per heavy atom. The number of carbonyl (C=O) groups excluding carboxylic acids is 1. The predicted octanol–water partition coefficient (Wildman–Crippen LogP) is 2.66. The Hall–Kier alpha value is -1.88. The number of rotatable bonds is 5. The third-order valence-electron chi connectivity index (χ3n) is 4.20. The minimum atomic E-state index is -0.216. The van der Waals surface area contributed by atoms with Crippen molar-refractivity contribution < 1.29 is 9.53 Å². The van der Waals surface area contributed by atoms with Crippen LogP contribution >= 0.6 is 0 Å². The highest BCUT2D eigenvalue weighted by atomic mass is 16.5. The van der Waals surface area contributed by atoms with Crippen molar-refractivity contribution in [3.05, 3.63) is 29.3 Å². The number of hydrogen-bond acceptors (Lipinski definition) is 4. The van der Waals surface area contributed by atoms with Gasteiger partial charge in [-0.25, -0.2) is 5.43 Å². The molecule has 0 radical (unpaired) electrons. The summed E-state index contributed by atoms with van der Waals surface area (Å²) in [5.41, 5.74) is 5.73. The fourth-order valence-corrected chi connectivity index (χ4v) is 2.75. The van der Waals surface area contributed by atoms with E-state index < -0.39 is 0 Å². The number of benzene rings is 1. The third kappa shape index (κ3) is 5.06. The third-order valence-corrected chi connectivity index (χ3v) is 4.20. The molecule has 0 atom stereocenters. The van der Waals surface area contributed by atoms with Crippen molar-refractivity contribution in [1.29, 1.82) is 0 Å². The van der Waals surface area contributed by atoms with Crippen molar-refractivity contribution in [2.24, 2.45) is 5.10 Å². The van der Waals surface area contributed by atoms with Crippen molar-refractivity contribution in [2.45, 2.75) is 46.6 Å². The fourth-order valence-electron chi connectivity index (χ4n) is 2.75. The van der Waals surface area contributed by atoms with Crippen LogP contribution in [0.25, 0.3) is 0 Å². The topological polar surface area (TPSA) is 53.9 Å². The summed E-state index contributed by atoms with van der Waals surface area (Å²) in [7, 11) is 0. The second-order valence-corrected chi connectivity index (χ2v) is 6.35. The molecule has 2 rings (SSSR count). The van der Waals surface area contributed by atoms with Gasteiger partial charge in [-0.3, -0.25) is 4.79 Å². The molecule has 1 aromatic rings. The van der Waals surface area contributed by atoms with E-state index in [2.05, 4.69) is 29.3 Å². The molecule has 1 saturated heterocycles. The average Bonchev–Trinajstić information content (AvgIpc) is 2.53. The molecule has 5 heteroatoms. The van der Waals surface area contributed by atoms with E-state index in [-0.39, 0.29) is 12.5 Å². The number of amides is 1. The second-order valence-electron chi connectivity index (χ2n) is 6.35. The summed E-state index contributed by atoms with van der Waals surface area (Å²) < 4.78 is 5.63. The van der Waals surface area contributed by atoms with Crippen LogP contribution in [0.3, 0.4) is 0 Å². The van der Waals surface area contributed by atoms with Crippen LogP contribution in [0.5, 0.6) is 5.75 Å². The number of likely N-dealkylation sites (tertiary alicyclic amines) is 1. The van der Waals surface area contributed by atoms with Crippen LogP contribution in [-0.4, -0.2) is 42.3 Å². The van der Waals surface area contributed by atoms with Crippen LogP contribution in [-0.2, 0) is 4.79 Å². The number of nitrogens with zero attached hydrogens (tertiary/aromatic N) is 2. The zero-order chi connectivity index (χ0) is 16.8. The van der Waals surface area contributed by atoms with Gasteiger partial charge in [0.2, 0.25) is 0 Å². The smallest absolute Gasteiger partial charge is 0.277 e. The molecular weight excluding hydrogens is 290 g/mol. The van der Waals surface area contributed by atoms with Crippen LogP contribution in [0.1, 0.15) is 37.8 Å². The number of para-hydroxylation sites is 1. The van der Waals surface area contributed by atoms with Gasteiger partial charge in [-0.05, 0) is 38.8 Å². The lowest BCUT2D eigenvalue weighted by Crippen LogP contribution is -2.39. The highest BCUT2D eigenvalue weighted by molar-refractivity contribution is 5.87. The van der Waals surface area contributed by atoms with E-state index >= 15 is 0 Å². The Morgan fingerprint density at radius 2 is 1.87 bits per heavy atom. The number of hydrazone groups is 1. The van der Waals surface area contributed by atoms with E-state index in [4.69, 9.17) is 4.74 Å². The minimum absolute atomic E-state index is 0.0133. The molecule has 0 aliphatic carbocycles. The zero-order valence-electron chi connectivity index (χ0n) is 14.6. The van der Waals surface area contributed by atoms with Crippen molar-refractivity contribution in [1.82, 2.24) is 10.3 Å². The molecule has 1 aromatic carbocycles. The van der Waals surface area contributed by atoms with Gasteiger partial charge in [0.25, 0.3) is 5.91 Å². The summed E-state index contributed by atoms with van der Waals surface area (Å²) in [6.45, 7) is 10.4. The minimum Gasteiger partial charge on any atom is -0.483 e. The van der Waals surface area contributed by atoms with E-state index in [1.165, 1.54) is 0 Å². The summed E-state index contributed by atoms with van der Waals surface area (Å²) in [5, 5.41) is 4.24. The first-order chi connectivity index (χ1) is 11.0. The van der Waals surface area contributed by atoms with E-state index in [0.29, 0.717) is 6.04 Å². The quantitative estimate of drug-likeness (QED) is 0.850. The molecular formula is C18H27N3O2. The van der Waals surface area contributed by atoms with Crippen LogP contribution in [0, 0.1) is 13.8 Å². The maximum atomic E-state index is 11.9. The van der Waals surface area contributed by atoms with Crippen molar-refractivity contribution in [3.8, 4) is 5.75 Å². The van der Waals surface area contributed by atoms with Gasteiger partial charge in [-0.1, -0.05) is 18.2 Å². The van der Waals surface area contributed by atoms with Gasteiger partial charge in [0.05, 0.1) is 0 Å². The van der Waals surface area contributed by atoms with Gasteiger partial charge in [-0.2, -0.15) is 5.10 Å². The van der Waals surface area contributed by atoms with Crippen LogP contribution < -0.4 is 10.2 Å². The van der Waals surface area contributed by atoms with Gasteiger partial charge in [-0.15, -0.1) is 0 Å². The largest absolute Gasteiger partial charge is 0.483 e. The molecule has 1 aliphatic rings. The molecule has 5 nitrogen and oxygen atoms in total. The van der Waals surface area contributed by atoms with Crippen LogP contribution in [0.15, 0.2) is 23.3 Å². The van der Waals surface area contributed by atoms with Crippen molar-refractivity contribution in [2.75, 3.05) is 19.7 Å². The molecule has 0 bridgehead atoms. The molecule has 23 heavy (non-hydrogen) atoms. The summed E-state index contributed by atoms with van der Waals surface area (Å²) in [4.78, 5) is 14.3. The zero-order valence-corrected chi connectivity index (χ0v) is 14.6. The normalized spacial score (nSPS) is 15.6. The number of aryl methyl sites for hydroxylation is 2. The molecule has 1 fully saturated rings. The highest BCUT2D eigenvalue weighted by Gasteiger charge is 2.17. The Bertz CT molecular complexity index is 551. The lowest BCUT2D eigenvalue weighted by atomic mass is 10.1. The van der Waals surface area contributed by atoms with Gasteiger partial charge in [0, 0.05) is 37.7 Å². The standard InChI is InChI=1S/C18H27N3O2/c1-13(2)21-10-8-16(9-11-21)19-20-17(22)12-23-18-14(3)6-5-7-15(18)4/h5-7,13H,8-12H2,1-4H3,(H,20,22). The number of carbonyl (C=O) groups is 1. The van der Waals surface area contributed by atoms with E-state index in [0.717, 1.165) is 48.5 Å².